The van der Waals surface area contributed by atoms with Crippen LogP contribution in [0.5, 0.6) is 5.75 Å². The zero-order valence-corrected chi connectivity index (χ0v) is 13.7. The van der Waals surface area contributed by atoms with Crippen molar-refractivity contribution in [3.05, 3.63) is 59.9 Å². The van der Waals surface area contributed by atoms with E-state index in [-0.39, 0.29) is 5.82 Å². The maximum atomic E-state index is 12.9. The first kappa shape index (κ1) is 16.5. The Labute approximate surface area is 142 Å². The second-order valence-electron chi connectivity index (χ2n) is 4.98. The third-order valence-electron chi connectivity index (χ3n) is 3.36. The quantitative estimate of drug-likeness (QED) is 0.686. The van der Waals surface area contributed by atoms with Gasteiger partial charge in [-0.15, -0.1) is 10.2 Å². The summed E-state index contributed by atoms with van der Waals surface area (Å²) in [6.07, 6.45) is -0.744. The number of rotatable bonds is 6. The van der Waals surface area contributed by atoms with Gasteiger partial charge in [-0.3, -0.25) is 0 Å². The van der Waals surface area contributed by atoms with E-state index in [1.54, 1.807) is 19.2 Å². The lowest BCUT2D eigenvalue weighted by Crippen LogP contribution is -2.00. The van der Waals surface area contributed by atoms with Gasteiger partial charge in [0.25, 0.3) is 5.22 Å². The van der Waals surface area contributed by atoms with Crippen LogP contribution in [0.3, 0.4) is 0 Å². The number of hydrogen-bond donors (Lipinski definition) is 1. The van der Waals surface area contributed by atoms with Gasteiger partial charge in [-0.1, -0.05) is 23.9 Å². The molecule has 1 aromatic heterocycles. The fourth-order valence-electron chi connectivity index (χ4n) is 2.05. The molecule has 0 aliphatic carbocycles. The lowest BCUT2D eigenvalue weighted by Gasteiger charge is -2.08. The van der Waals surface area contributed by atoms with E-state index >= 15 is 0 Å². The van der Waals surface area contributed by atoms with Gasteiger partial charge in [0.2, 0.25) is 5.89 Å². The number of thioether (sulfide) groups is 1. The highest BCUT2D eigenvalue weighted by Gasteiger charge is 2.13. The third kappa shape index (κ3) is 3.93. The molecule has 124 valence electrons. The molecule has 24 heavy (non-hydrogen) atoms. The SMILES string of the molecule is COc1ccc(-c2nnc(SC[C@@H](O)c3ccc(F)cc3)o2)cc1. The predicted octanol–water partition coefficient (Wildman–Crippen LogP) is 3.71. The summed E-state index contributed by atoms with van der Waals surface area (Å²) in [6, 6.07) is 13.0. The second-order valence-corrected chi connectivity index (χ2v) is 5.95. The summed E-state index contributed by atoms with van der Waals surface area (Å²) in [4.78, 5) is 0. The number of aliphatic hydroxyl groups is 1. The topological polar surface area (TPSA) is 68.4 Å². The molecule has 1 N–H and O–H groups in total. The first-order valence-corrected chi connectivity index (χ1v) is 8.18. The summed E-state index contributed by atoms with van der Waals surface area (Å²) in [7, 11) is 1.60. The zero-order valence-electron chi connectivity index (χ0n) is 12.8. The summed E-state index contributed by atoms with van der Waals surface area (Å²) >= 11 is 1.24. The van der Waals surface area contributed by atoms with Crippen LogP contribution in [0.15, 0.2) is 58.2 Å². The van der Waals surface area contributed by atoms with Crippen molar-refractivity contribution in [1.82, 2.24) is 10.2 Å². The molecule has 0 amide bonds. The van der Waals surface area contributed by atoms with E-state index in [4.69, 9.17) is 9.15 Å². The van der Waals surface area contributed by atoms with Crippen LogP contribution in [0.25, 0.3) is 11.5 Å². The van der Waals surface area contributed by atoms with Crippen molar-refractivity contribution < 1.29 is 18.7 Å². The molecule has 7 heteroatoms. The Kier molecular flexibility index (Phi) is 5.12. The molecule has 0 spiro atoms. The normalized spacial score (nSPS) is 12.1. The van der Waals surface area contributed by atoms with Crippen LogP contribution in [0, 0.1) is 5.82 Å². The highest BCUT2D eigenvalue weighted by Crippen LogP contribution is 2.27. The zero-order chi connectivity index (χ0) is 16.9. The summed E-state index contributed by atoms with van der Waals surface area (Å²) < 4.78 is 23.6. The van der Waals surface area contributed by atoms with Crippen molar-refractivity contribution in [1.29, 1.82) is 0 Å². The van der Waals surface area contributed by atoms with E-state index in [2.05, 4.69) is 10.2 Å². The van der Waals surface area contributed by atoms with Crippen molar-refractivity contribution in [2.75, 3.05) is 12.9 Å². The van der Waals surface area contributed by atoms with Gasteiger partial charge in [-0.05, 0) is 42.0 Å². The van der Waals surface area contributed by atoms with Gasteiger partial charge >= 0.3 is 0 Å². The van der Waals surface area contributed by atoms with Crippen molar-refractivity contribution >= 4 is 11.8 Å². The van der Waals surface area contributed by atoms with Crippen LogP contribution in [0.1, 0.15) is 11.7 Å². The van der Waals surface area contributed by atoms with Gasteiger partial charge in [0.05, 0.1) is 13.2 Å². The number of aromatic nitrogens is 2. The monoisotopic (exact) mass is 346 g/mol. The smallest absolute Gasteiger partial charge is 0.276 e. The molecule has 0 aliphatic heterocycles. The first-order chi connectivity index (χ1) is 11.7. The number of halogens is 1. The summed E-state index contributed by atoms with van der Waals surface area (Å²) in [5.41, 5.74) is 1.42. The van der Waals surface area contributed by atoms with Gasteiger partial charge < -0.3 is 14.3 Å². The summed E-state index contributed by atoms with van der Waals surface area (Å²) in [5, 5.41) is 18.4. The fourth-order valence-corrected chi connectivity index (χ4v) is 2.78. The van der Waals surface area contributed by atoms with Crippen molar-refractivity contribution in [2.45, 2.75) is 11.3 Å². The lowest BCUT2D eigenvalue weighted by molar-refractivity contribution is 0.203. The molecule has 1 heterocycles. The Bertz CT molecular complexity index is 790. The minimum absolute atomic E-state index is 0.329. The van der Waals surface area contributed by atoms with Crippen LogP contribution in [0.4, 0.5) is 4.39 Å². The van der Waals surface area contributed by atoms with E-state index in [0.717, 1.165) is 11.3 Å². The molecule has 0 saturated carbocycles. The maximum absolute atomic E-state index is 12.9. The van der Waals surface area contributed by atoms with Gasteiger partial charge in [-0.25, -0.2) is 4.39 Å². The van der Waals surface area contributed by atoms with Gasteiger partial charge in [0.15, 0.2) is 0 Å². The average Bonchev–Trinajstić information content (AvgIpc) is 3.09. The standard InChI is InChI=1S/C17H15FN2O3S/c1-22-14-8-4-12(5-9-14)16-19-20-17(23-16)24-10-15(21)11-2-6-13(18)7-3-11/h2-9,15,21H,10H2,1H3/t15-/m1/s1. The number of ether oxygens (including phenoxy) is 1. The highest BCUT2D eigenvalue weighted by atomic mass is 32.2. The van der Waals surface area contributed by atoms with Gasteiger partial charge in [0, 0.05) is 11.3 Å². The Hall–Kier alpha value is -2.38. The van der Waals surface area contributed by atoms with Crippen molar-refractivity contribution in [2.24, 2.45) is 0 Å². The Balaban J connectivity index is 1.62. The van der Waals surface area contributed by atoms with E-state index in [1.165, 1.54) is 23.9 Å². The number of aliphatic hydroxyl groups excluding tert-OH is 1. The van der Waals surface area contributed by atoms with Gasteiger partial charge in [-0.2, -0.15) is 0 Å². The van der Waals surface area contributed by atoms with Crippen LogP contribution >= 0.6 is 11.8 Å². The van der Waals surface area contributed by atoms with Crippen LogP contribution in [0.2, 0.25) is 0 Å². The molecule has 0 bridgehead atoms. The van der Waals surface area contributed by atoms with E-state index in [9.17, 15) is 9.50 Å². The third-order valence-corrected chi connectivity index (χ3v) is 4.26. The molecule has 5 nitrogen and oxygen atoms in total. The molecule has 0 fully saturated rings. The first-order valence-electron chi connectivity index (χ1n) is 7.20. The Morgan fingerprint density at radius 3 is 2.50 bits per heavy atom. The minimum Gasteiger partial charge on any atom is -0.497 e. The Morgan fingerprint density at radius 1 is 1.12 bits per heavy atom. The summed E-state index contributed by atoms with van der Waals surface area (Å²) in [6.45, 7) is 0. The van der Waals surface area contributed by atoms with Crippen LogP contribution < -0.4 is 4.74 Å². The molecule has 1 atom stereocenters. The predicted molar refractivity (Wildman–Crippen MR) is 88.4 cm³/mol. The van der Waals surface area contributed by atoms with Crippen molar-refractivity contribution in [3.63, 3.8) is 0 Å². The maximum Gasteiger partial charge on any atom is 0.276 e. The fraction of sp³-hybridized carbons (Fsp3) is 0.176. The largest absolute Gasteiger partial charge is 0.497 e. The van der Waals surface area contributed by atoms with E-state index < -0.39 is 6.10 Å². The van der Waals surface area contributed by atoms with E-state index in [1.807, 2.05) is 24.3 Å². The molecular formula is C17H15FN2O3S. The number of hydrogen-bond acceptors (Lipinski definition) is 6. The van der Waals surface area contributed by atoms with Crippen LogP contribution in [-0.4, -0.2) is 28.2 Å². The van der Waals surface area contributed by atoms with Crippen molar-refractivity contribution in [3.8, 4) is 17.2 Å². The molecule has 3 aromatic rings. The average molecular weight is 346 g/mol. The Morgan fingerprint density at radius 2 is 1.83 bits per heavy atom. The molecular weight excluding hydrogens is 331 g/mol. The number of benzene rings is 2. The number of methoxy groups -OCH3 is 1. The van der Waals surface area contributed by atoms with Gasteiger partial charge in [0.1, 0.15) is 11.6 Å². The molecule has 2 aromatic carbocycles. The molecule has 0 aliphatic rings. The molecule has 0 unspecified atom stereocenters. The highest BCUT2D eigenvalue weighted by molar-refractivity contribution is 7.99. The molecule has 0 saturated heterocycles. The van der Waals surface area contributed by atoms with Crippen LogP contribution in [-0.2, 0) is 0 Å². The lowest BCUT2D eigenvalue weighted by atomic mass is 10.1. The summed E-state index contributed by atoms with van der Waals surface area (Å²) in [5.74, 6) is 1.14. The molecule has 0 radical (unpaired) electrons. The second kappa shape index (κ2) is 7.46. The number of nitrogens with zero attached hydrogens (tertiary/aromatic N) is 2. The van der Waals surface area contributed by atoms with E-state index in [0.29, 0.717) is 22.4 Å². The minimum atomic E-state index is -0.744. The molecule has 3 rings (SSSR count).